The standard InChI is InChI=1S/C20H24N2O3/c1-14(25-17-10-8-16(24-2)9-11-17)20(23)22-12-18(19(21)13-22)15-6-4-3-5-7-15/h3-11,14,18-19H,12-13,21H2,1-2H3/t14?,18-,19+/m0/s1. The quantitative estimate of drug-likeness (QED) is 0.908. The monoisotopic (exact) mass is 340 g/mol. The van der Waals surface area contributed by atoms with Crippen molar-refractivity contribution in [2.24, 2.45) is 5.73 Å². The highest BCUT2D eigenvalue weighted by Crippen LogP contribution is 2.27. The maximum Gasteiger partial charge on any atom is 0.263 e. The molecule has 2 aromatic rings. The van der Waals surface area contributed by atoms with Crippen LogP contribution < -0.4 is 15.2 Å². The molecule has 25 heavy (non-hydrogen) atoms. The first-order chi connectivity index (χ1) is 12.1. The van der Waals surface area contributed by atoms with Crippen LogP contribution >= 0.6 is 0 Å². The summed E-state index contributed by atoms with van der Waals surface area (Å²) in [5, 5.41) is 0. The van der Waals surface area contributed by atoms with Gasteiger partial charge in [-0.3, -0.25) is 4.79 Å². The van der Waals surface area contributed by atoms with Crippen LogP contribution in [-0.2, 0) is 4.79 Å². The van der Waals surface area contributed by atoms with E-state index in [-0.39, 0.29) is 17.9 Å². The lowest BCUT2D eigenvalue weighted by molar-refractivity contribution is -0.136. The zero-order valence-electron chi connectivity index (χ0n) is 14.6. The first-order valence-corrected chi connectivity index (χ1v) is 8.48. The summed E-state index contributed by atoms with van der Waals surface area (Å²) in [4.78, 5) is 14.5. The zero-order valence-corrected chi connectivity index (χ0v) is 14.6. The van der Waals surface area contributed by atoms with E-state index in [0.717, 1.165) is 5.75 Å². The Balaban J connectivity index is 1.62. The minimum atomic E-state index is -0.560. The fraction of sp³-hybridized carbons (Fsp3) is 0.350. The van der Waals surface area contributed by atoms with Crippen molar-refractivity contribution in [2.45, 2.75) is 25.0 Å². The number of benzene rings is 2. The largest absolute Gasteiger partial charge is 0.497 e. The fourth-order valence-electron chi connectivity index (χ4n) is 3.23. The molecule has 5 nitrogen and oxygen atoms in total. The van der Waals surface area contributed by atoms with Crippen LogP contribution in [0.25, 0.3) is 0 Å². The van der Waals surface area contributed by atoms with Crippen molar-refractivity contribution < 1.29 is 14.3 Å². The fourth-order valence-corrected chi connectivity index (χ4v) is 3.23. The number of hydrogen-bond acceptors (Lipinski definition) is 4. The molecular weight excluding hydrogens is 316 g/mol. The molecule has 0 aromatic heterocycles. The first kappa shape index (κ1) is 17.3. The van der Waals surface area contributed by atoms with Crippen LogP contribution in [0.1, 0.15) is 18.4 Å². The lowest BCUT2D eigenvalue weighted by atomic mass is 9.95. The predicted molar refractivity (Wildman–Crippen MR) is 96.8 cm³/mol. The molecule has 0 saturated carbocycles. The Kier molecular flexibility index (Phi) is 5.24. The Morgan fingerprint density at radius 2 is 1.72 bits per heavy atom. The topological polar surface area (TPSA) is 64.8 Å². The van der Waals surface area contributed by atoms with Crippen molar-refractivity contribution in [1.29, 1.82) is 0 Å². The van der Waals surface area contributed by atoms with E-state index in [1.165, 1.54) is 5.56 Å². The normalized spacial score (nSPS) is 21.0. The van der Waals surface area contributed by atoms with Gasteiger partial charge < -0.3 is 20.1 Å². The Bertz CT molecular complexity index is 703. The molecular formula is C20H24N2O3. The van der Waals surface area contributed by atoms with Crippen molar-refractivity contribution in [3.8, 4) is 11.5 Å². The van der Waals surface area contributed by atoms with Gasteiger partial charge in [0.1, 0.15) is 11.5 Å². The second-order valence-electron chi connectivity index (χ2n) is 6.36. The summed E-state index contributed by atoms with van der Waals surface area (Å²) in [5.41, 5.74) is 7.45. The maximum absolute atomic E-state index is 12.7. The third kappa shape index (κ3) is 3.94. The van der Waals surface area contributed by atoms with Gasteiger partial charge in [0.15, 0.2) is 6.10 Å². The van der Waals surface area contributed by atoms with E-state index in [4.69, 9.17) is 15.2 Å². The molecule has 5 heteroatoms. The van der Waals surface area contributed by atoms with Crippen LogP contribution in [0, 0.1) is 0 Å². The van der Waals surface area contributed by atoms with Crippen molar-refractivity contribution in [3.05, 3.63) is 60.2 Å². The number of amides is 1. The van der Waals surface area contributed by atoms with E-state index in [1.807, 2.05) is 30.3 Å². The van der Waals surface area contributed by atoms with Gasteiger partial charge in [0.05, 0.1) is 7.11 Å². The molecule has 2 aromatic carbocycles. The minimum Gasteiger partial charge on any atom is -0.497 e. The van der Waals surface area contributed by atoms with Gasteiger partial charge in [-0.25, -0.2) is 0 Å². The van der Waals surface area contributed by atoms with Gasteiger partial charge >= 0.3 is 0 Å². The van der Waals surface area contributed by atoms with Gasteiger partial charge in [0, 0.05) is 25.0 Å². The van der Waals surface area contributed by atoms with Gasteiger partial charge in [-0.2, -0.15) is 0 Å². The molecule has 1 saturated heterocycles. The molecule has 132 valence electrons. The molecule has 3 rings (SSSR count). The maximum atomic E-state index is 12.7. The van der Waals surface area contributed by atoms with E-state index in [1.54, 1.807) is 31.1 Å². The molecule has 2 N–H and O–H groups in total. The lowest BCUT2D eigenvalue weighted by Crippen LogP contribution is -2.40. The van der Waals surface area contributed by atoms with Crippen LogP contribution in [0.4, 0.5) is 0 Å². The minimum absolute atomic E-state index is 0.0373. The SMILES string of the molecule is COc1ccc(OC(C)C(=O)N2C[C@@H](N)[C@H](c3ccccc3)C2)cc1. The Morgan fingerprint density at radius 1 is 1.08 bits per heavy atom. The highest BCUT2D eigenvalue weighted by Gasteiger charge is 2.35. The number of likely N-dealkylation sites (tertiary alicyclic amines) is 1. The highest BCUT2D eigenvalue weighted by molar-refractivity contribution is 5.81. The van der Waals surface area contributed by atoms with Crippen LogP contribution in [0.5, 0.6) is 11.5 Å². The summed E-state index contributed by atoms with van der Waals surface area (Å²) in [5.74, 6) is 1.52. The summed E-state index contributed by atoms with van der Waals surface area (Å²) in [6, 6.07) is 17.3. The highest BCUT2D eigenvalue weighted by atomic mass is 16.5. The molecule has 1 aliphatic rings. The summed E-state index contributed by atoms with van der Waals surface area (Å²) in [6.45, 7) is 2.95. The van der Waals surface area contributed by atoms with E-state index in [9.17, 15) is 4.79 Å². The van der Waals surface area contributed by atoms with Crippen LogP contribution in [0.15, 0.2) is 54.6 Å². The number of rotatable bonds is 5. The number of carbonyl (C=O) groups is 1. The van der Waals surface area contributed by atoms with Gasteiger partial charge in [0.25, 0.3) is 5.91 Å². The number of methoxy groups -OCH3 is 1. The number of nitrogens with two attached hydrogens (primary N) is 1. The van der Waals surface area contributed by atoms with Gasteiger partial charge in [0.2, 0.25) is 0 Å². The molecule has 1 amide bonds. The molecule has 0 bridgehead atoms. The van der Waals surface area contributed by atoms with Gasteiger partial charge in [-0.1, -0.05) is 30.3 Å². The molecule has 3 atom stereocenters. The van der Waals surface area contributed by atoms with Crippen molar-refractivity contribution in [2.75, 3.05) is 20.2 Å². The average molecular weight is 340 g/mol. The summed E-state index contributed by atoms with van der Waals surface area (Å²) in [6.07, 6.45) is -0.560. The third-order valence-electron chi connectivity index (χ3n) is 4.62. The van der Waals surface area contributed by atoms with Crippen molar-refractivity contribution >= 4 is 5.91 Å². The molecule has 0 spiro atoms. The number of carbonyl (C=O) groups excluding carboxylic acids is 1. The number of ether oxygens (including phenoxy) is 2. The molecule has 0 radical (unpaired) electrons. The van der Waals surface area contributed by atoms with Crippen molar-refractivity contribution in [3.63, 3.8) is 0 Å². The molecule has 1 unspecified atom stereocenters. The molecule has 1 heterocycles. The number of hydrogen-bond donors (Lipinski definition) is 1. The van der Waals surface area contributed by atoms with Crippen LogP contribution in [0.3, 0.4) is 0 Å². The smallest absolute Gasteiger partial charge is 0.263 e. The average Bonchev–Trinajstić information content (AvgIpc) is 3.04. The Labute approximate surface area is 148 Å². The number of nitrogens with zero attached hydrogens (tertiary/aromatic N) is 1. The lowest BCUT2D eigenvalue weighted by Gasteiger charge is -2.22. The van der Waals surface area contributed by atoms with Crippen LogP contribution in [-0.4, -0.2) is 43.2 Å². The summed E-state index contributed by atoms with van der Waals surface area (Å²) < 4.78 is 10.9. The van der Waals surface area contributed by atoms with Gasteiger partial charge in [-0.15, -0.1) is 0 Å². The summed E-state index contributed by atoms with van der Waals surface area (Å²) in [7, 11) is 1.61. The first-order valence-electron chi connectivity index (χ1n) is 8.48. The Morgan fingerprint density at radius 3 is 2.36 bits per heavy atom. The molecule has 0 aliphatic carbocycles. The molecule has 1 fully saturated rings. The molecule has 1 aliphatic heterocycles. The zero-order chi connectivity index (χ0) is 17.8. The van der Waals surface area contributed by atoms with E-state index >= 15 is 0 Å². The van der Waals surface area contributed by atoms with E-state index in [0.29, 0.717) is 18.8 Å². The van der Waals surface area contributed by atoms with Crippen molar-refractivity contribution in [1.82, 2.24) is 4.90 Å². The second-order valence-corrected chi connectivity index (χ2v) is 6.36. The van der Waals surface area contributed by atoms with E-state index < -0.39 is 6.10 Å². The second kappa shape index (κ2) is 7.57. The van der Waals surface area contributed by atoms with Gasteiger partial charge in [-0.05, 0) is 36.8 Å². The van der Waals surface area contributed by atoms with E-state index in [2.05, 4.69) is 12.1 Å². The summed E-state index contributed by atoms with van der Waals surface area (Å²) >= 11 is 0. The van der Waals surface area contributed by atoms with Crippen LogP contribution in [0.2, 0.25) is 0 Å². The third-order valence-corrected chi connectivity index (χ3v) is 4.62. The predicted octanol–water partition coefficient (Wildman–Crippen LogP) is 2.42. The Hall–Kier alpha value is -2.53.